The Morgan fingerprint density at radius 1 is 1.00 bits per heavy atom. The molecule has 0 atom stereocenters. The average Bonchev–Trinajstić information content (AvgIpc) is 2.51. The summed E-state index contributed by atoms with van der Waals surface area (Å²) in [6, 6.07) is 16.8. The van der Waals surface area contributed by atoms with Gasteiger partial charge in [-0.1, -0.05) is 42.5 Å². The number of carbonyl (C=O) groups excluding carboxylic acids is 1. The van der Waals surface area contributed by atoms with Gasteiger partial charge in [0, 0.05) is 11.8 Å². The highest BCUT2D eigenvalue weighted by atomic mass is 16.1. The van der Waals surface area contributed by atoms with Gasteiger partial charge in [0.15, 0.2) is 5.78 Å². The van der Waals surface area contributed by atoms with Crippen LogP contribution in [0.25, 0.3) is 10.9 Å². The molecule has 4 heteroatoms. The van der Waals surface area contributed by atoms with E-state index < -0.39 is 0 Å². The summed E-state index contributed by atoms with van der Waals surface area (Å²) in [5.41, 5.74) is 1.54. The summed E-state index contributed by atoms with van der Waals surface area (Å²) in [7, 11) is 0. The third kappa shape index (κ3) is 2.89. The van der Waals surface area contributed by atoms with E-state index in [-0.39, 0.29) is 17.8 Å². The van der Waals surface area contributed by atoms with Crippen LogP contribution < -0.4 is 5.43 Å². The first-order valence-electron chi connectivity index (χ1n) is 6.74. The minimum absolute atomic E-state index is 0.0579. The van der Waals surface area contributed by atoms with E-state index in [0.717, 1.165) is 5.56 Å². The van der Waals surface area contributed by atoms with Crippen LogP contribution in [-0.2, 0) is 17.8 Å². The Balaban J connectivity index is 1.87. The zero-order valence-corrected chi connectivity index (χ0v) is 11.4. The van der Waals surface area contributed by atoms with Gasteiger partial charge in [-0.25, -0.2) is 0 Å². The van der Waals surface area contributed by atoms with Crippen molar-refractivity contribution in [2.45, 2.75) is 13.0 Å². The van der Waals surface area contributed by atoms with E-state index >= 15 is 0 Å². The molecule has 0 saturated carbocycles. The molecule has 0 aliphatic heterocycles. The number of aromatic nitrogens is 2. The lowest BCUT2D eigenvalue weighted by atomic mass is 10.1. The fourth-order valence-corrected chi connectivity index (χ4v) is 2.33. The molecule has 0 fully saturated rings. The topological polar surface area (TPSA) is 52.0 Å². The van der Waals surface area contributed by atoms with E-state index in [9.17, 15) is 9.59 Å². The number of Topliss-reactive ketones (excluding diaryl/α,β-unsaturated/α-hetero) is 1. The van der Waals surface area contributed by atoms with Crippen molar-refractivity contribution in [2.75, 3.05) is 0 Å². The van der Waals surface area contributed by atoms with E-state index in [2.05, 4.69) is 5.10 Å². The Kier molecular flexibility index (Phi) is 3.60. The number of para-hydroxylation sites is 1. The van der Waals surface area contributed by atoms with Crippen molar-refractivity contribution in [1.29, 1.82) is 0 Å². The molecular weight excluding hydrogens is 264 g/mol. The van der Waals surface area contributed by atoms with E-state index in [1.165, 1.54) is 6.20 Å². The molecule has 0 unspecified atom stereocenters. The highest BCUT2D eigenvalue weighted by molar-refractivity contribution is 5.83. The molecular formula is C17H14N2O2. The number of ketones is 1. The Hall–Kier alpha value is -2.75. The molecule has 3 rings (SSSR count). The average molecular weight is 278 g/mol. The van der Waals surface area contributed by atoms with Crippen molar-refractivity contribution in [3.05, 3.63) is 76.6 Å². The molecule has 0 spiro atoms. The fourth-order valence-electron chi connectivity index (χ4n) is 2.33. The highest BCUT2D eigenvalue weighted by Crippen LogP contribution is 2.08. The van der Waals surface area contributed by atoms with Gasteiger partial charge in [0.2, 0.25) is 5.43 Å². The van der Waals surface area contributed by atoms with Gasteiger partial charge < -0.3 is 0 Å². The monoisotopic (exact) mass is 278 g/mol. The smallest absolute Gasteiger partial charge is 0.207 e. The summed E-state index contributed by atoms with van der Waals surface area (Å²) in [6.45, 7) is 0.162. The summed E-state index contributed by atoms with van der Waals surface area (Å²) < 4.78 is 1.59. The lowest BCUT2D eigenvalue weighted by Gasteiger charge is -2.08. The zero-order valence-electron chi connectivity index (χ0n) is 11.4. The molecule has 0 saturated heterocycles. The van der Waals surface area contributed by atoms with Crippen LogP contribution in [0.15, 0.2) is 65.6 Å². The maximum Gasteiger partial charge on any atom is 0.207 e. The largest absolute Gasteiger partial charge is 0.297 e. The Morgan fingerprint density at radius 3 is 2.52 bits per heavy atom. The molecule has 0 aliphatic carbocycles. The van der Waals surface area contributed by atoms with E-state index in [1.807, 2.05) is 36.4 Å². The molecule has 0 amide bonds. The van der Waals surface area contributed by atoms with Crippen molar-refractivity contribution in [3.8, 4) is 0 Å². The van der Waals surface area contributed by atoms with Crippen molar-refractivity contribution in [2.24, 2.45) is 0 Å². The van der Waals surface area contributed by atoms with Crippen LogP contribution in [0.3, 0.4) is 0 Å². The lowest BCUT2D eigenvalue weighted by Crippen LogP contribution is -2.18. The van der Waals surface area contributed by atoms with E-state index in [0.29, 0.717) is 17.3 Å². The van der Waals surface area contributed by atoms with Crippen LogP contribution in [0, 0.1) is 0 Å². The number of carbonyl (C=O) groups is 1. The molecule has 0 radical (unpaired) electrons. The van der Waals surface area contributed by atoms with Gasteiger partial charge in [-0.15, -0.1) is 0 Å². The predicted molar refractivity (Wildman–Crippen MR) is 81.2 cm³/mol. The predicted octanol–water partition coefficient (Wildman–Crippen LogP) is 2.21. The van der Waals surface area contributed by atoms with Crippen LogP contribution >= 0.6 is 0 Å². The van der Waals surface area contributed by atoms with Crippen molar-refractivity contribution < 1.29 is 4.79 Å². The maximum atomic E-state index is 12.2. The lowest BCUT2D eigenvalue weighted by molar-refractivity contribution is -0.119. The van der Waals surface area contributed by atoms with Crippen molar-refractivity contribution in [1.82, 2.24) is 9.78 Å². The summed E-state index contributed by atoms with van der Waals surface area (Å²) in [5.74, 6) is 0.0579. The highest BCUT2D eigenvalue weighted by Gasteiger charge is 2.08. The van der Waals surface area contributed by atoms with Gasteiger partial charge in [0.05, 0.1) is 11.7 Å². The molecule has 1 heterocycles. The minimum atomic E-state index is -0.127. The number of fused-ring (bicyclic) bond motifs is 1. The summed E-state index contributed by atoms with van der Waals surface area (Å²) in [4.78, 5) is 23.9. The van der Waals surface area contributed by atoms with Crippen LogP contribution in [0.5, 0.6) is 0 Å². The number of rotatable bonds is 4. The molecule has 21 heavy (non-hydrogen) atoms. The quantitative estimate of drug-likeness (QED) is 0.735. The molecule has 0 N–H and O–H groups in total. The number of hydrogen-bond donors (Lipinski definition) is 0. The second kappa shape index (κ2) is 5.71. The Morgan fingerprint density at radius 2 is 1.71 bits per heavy atom. The van der Waals surface area contributed by atoms with Gasteiger partial charge in [-0.3, -0.25) is 14.3 Å². The van der Waals surface area contributed by atoms with Gasteiger partial charge in [-0.2, -0.15) is 5.10 Å². The molecule has 1 aromatic heterocycles. The van der Waals surface area contributed by atoms with Crippen LogP contribution in [-0.4, -0.2) is 15.6 Å². The Labute approximate surface area is 121 Å². The second-order valence-electron chi connectivity index (χ2n) is 4.88. The van der Waals surface area contributed by atoms with Crippen molar-refractivity contribution >= 4 is 16.7 Å². The molecule has 0 bridgehead atoms. The third-order valence-electron chi connectivity index (χ3n) is 3.33. The minimum Gasteiger partial charge on any atom is -0.297 e. The van der Waals surface area contributed by atoms with Crippen LogP contribution in [0.2, 0.25) is 0 Å². The first-order valence-corrected chi connectivity index (χ1v) is 6.74. The van der Waals surface area contributed by atoms with Crippen LogP contribution in [0.4, 0.5) is 0 Å². The number of nitrogens with zero attached hydrogens (tertiary/aromatic N) is 2. The normalized spacial score (nSPS) is 10.7. The summed E-state index contributed by atoms with van der Waals surface area (Å²) in [5, 5.41) is 4.65. The maximum absolute atomic E-state index is 12.2. The van der Waals surface area contributed by atoms with E-state index in [4.69, 9.17) is 0 Å². The van der Waals surface area contributed by atoms with Gasteiger partial charge in [-0.05, 0) is 17.7 Å². The molecule has 2 aromatic carbocycles. The van der Waals surface area contributed by atoms with Gasteiger partial charge in [0.25, 0.3) is 0 Å². The Bertz CT molecular complexity index is 838. The molecule has 4 nitrogen and oxygen atoms in total. The summed E-state index contributed by atoms with van der Waals surface area (Å²) in [6.07, 6.45) is 1.63. The second-order valence-corrected chi connectivity index (χ2v) is 4.88. The SMILES string of the molecule is O=C(Cc1ccccc1)Cn1ncc(=O)c2ccccc21. The molecule has 3 aromatic rings. The fraction of sp³-hybridized carbons (Fsp3) is 0.118. The standard InChI is InChI=1S/C17H14N2O2/c20-14(10-13-6-2-1-3-7-13)12-19-16-9-5-4-8-15(16)17(21)11-18-19/h1-9,11H,10,12H2. The first-order chi connectivity index (χ1) is 10.2. The number of benzene rings is 2. The van der Waals surface area contributed by atoms with Crippen molar-refractivity contribution in [3.63, 3.8) is 0 Å². The first kappa shape index (κ1) is 13.2. The van der Waals surface area contributed by atoms with Gasteiger partial charge >= 0.3 is 0 Å². The number of hydrogen-bond acceptors (Lipinski definition) is 3. The third-order valence-corrected chi connectivity index (χ3v) is 3.33. The van der Waals surface area contributed by atoms with Crippen LogP contribution in [0.1, 0.15) is 5.56 Å². The van der Waals surface area contributed by atoms with Gasteiger partial charge in [0.1, 0.15) is 6.54 Å². The molecule has 0 aliphatic rings. The summed E-state index contributed by atoms with van der Waals surface area (Å²) >= 11 is 0. The zero-order chi connectivity index (χ0) is 14.7. The molecule has 104 valence electrons. The van der Waals surface area contributed by atoms with E-state index in [1.54, 1.807) is 22.9 Å².